The highest BCUT2D eigenvalue weighted by Crippen LogP contribution is 2.12. The maximum absolute atomic E-state index is 4.28. The second-order valence-corrected chi connectivity index (χ2v) is 4.39. The van der Waals surface area contributed by atoms with E-state index in [1.807, 2.05) is 30.6 Å². The van der Waals surface area contributed by atoms with Gasteiger partial charge in [-0.25, -0.2) is 4.98 Å². The Kier molecular flexibility index (Phi) is 5.17. The van der Waals surface area contributed by atoms with Crippen molar-refractivity contribution < 1.29 is 0 Å². The first-order chi connectivity index (χ1) is 9.38. The smallest absolute Gasteiger partial charge is 0.127 e. The van der Waals surface area contributed by atoms with Crippen molar-refractivity contribution in [3.8, 4) is 0 Å². The molecule has 0 aliphatic carbocycles. The predicted molar refractivity (Wildman–Crippen MR) is 79.4 cm³/mol. The van der Waals surface area contributed by atoms with Crippen LogP contribution < -0.4 is 10.6 Å². The van der Waals surface area contributed by atoms with Gasteiger partial charge in [-0.1, -0.05) is 13.0 Å². The molecule has 0 bridgehead atoms. The first-order valence-electron chi connectivity index (χ1n) is 6.71. The fraction of sp³-hybridized carbons (Fsp3) is 0.333. The van der Waals surface area contributed by atoms with E-state index < -0.39 is 0 Å². The van der Waals surface area contributed by atoms with Crippen LogP contribution >= 0.6 is 0 Å². The summed E-state index contributed by atoms with van der Waals surface area (Å²) in [4.78, 5) is 8.39. The summed E-state index contributed by atoms with van der Waals surface area (Å²) in [6, 6.07) is 8.09. The Balaban J connectivity index is 1.82. The van der Waals surface area contributed by atoms with Crippen molar-refractivity contribution in [3.63, 3.8) is 0 Å². The van der Waals surface area contributed by atoms with Gasteiger partial charge in [-0.2, -0.15) is 0 Å². The molecule has 4 heteroatoms. The third-order valence-corrected chi connectivity index (χ3v) is 2.78. The molecule has 0 aliphatic heterocycles. The van der Waals surface area contributed by atoms with Gasteiger partial charge in [0.05, 0.1) is 0 Å². The molecule has 2 heterocycles. The van der Waals surface area contributed by atoms with E-state index in [9.17, 15) is 0 Å². The quantitative estimate of drug-likeness (QED) is 0.799. The Morgan fingerprint density at radius 3 is 2.84 bits per heavy atom. The average Bonchev–Trinajstić information content (AvgIpc) is 2.47. The monoisotopic (exact) mass is 256 g/mol. The molecule has 4 nitrogen and oxygen atoms in total. The predicted octanol–water partition coefficient (Wildman–Crippen LogP) is 2.95. The van der Waals surface area contributed by atoms with E-state index >= 15 is 0 Å². The SMILES string of the molecule is CCCNc1cc(NCCc2cccnc2)ccn1. The van der Waals surface area contributed by atoms with Crippen molar-refractivity contribution in [2.24, 2.45) is 0 Å². The van der Waals surface area contributed by atoms with Gasteiger partial charge in [0.25, 0.3) is 0 Å². The van der Waals surface area contributed by atoms with Gasteiger partial charge in [0.15, 0.2) is 0 Å². The Morgan fingerprint density at radius 2 is 2.05 bits per heavy atom. The summed E-state index contributed by atoms with van der Waals surface area (Å²) < 4.78 is 0. The van der Waals surface area contributed by atoms with Gasteiger partial charge in [0.1, 0.15) is 5.82 Å². The molecule has 2 rings (SSSR count). The molecule has 0 aliphatic rings. The van der Waals surface area contributed by atoms with Crippen LogP contribution in [-0.4, -0.2) is 23.1 Å². The van der Waals surface area contributed by atoms with Crippen molar-refractivity contribution in [2.75, 3.05) is 23.7 Å². The number of hydrogen-bond acceptors (Lipinski definition) is 4. The Hall–Kier alpha value is -2.10. The standard InChI is InChI=1S/C15H20N4/c1-2-7-18-15-11-14(6-10-19-15)17-9-5-13-4-3-8-16-12-13/h3-4,6,8,10-12H,2,5,7,9H2,1H3,(H2,17,18,19). The second-order valence-electron chi connectivity index (χ2n) is 4.39. The van der Waals surface area contributed by atoms with Crippen LogP contribution in [0.25, 0.3) is 0 Å². The lowest BCUT2D eigenvalue weighted by Crippen LogP contribution is -2.06. The van der Waals surface area contributed by atoms with E-state index in [1.54, 1.807) is 6.20 Å². The molecule has 0 amide bonds. The van der Waals surface area contributed by atoms with Crippen LogP contribution in [-0.2, 0) is 6.42 Å². The minimum absolute atomic E-state index is 0.892. The molecule has 19 heavy (non-hydrogen) atoms. The van der Waals surface area contributed by atoms with E-state index in [0.717, 1.165) is 37.4 Å². The highest BCUT2D eigenvalue weighted by atomic mass is 15.0. The summed E-state index contributed by atoms with van der Waals surface area (Å²) in [5, 5.41) is 6.68. The Morgan fingerprint density at radius 1 is 1.11 bits per heavy atom. The highest BCUT2D eigenvalue weighted by molar-refractivity contribution is 5.51. The van der Waals surface area contributed by atoms with Gasteiger partial charge >= 0.3 is 0 Å². The maximum Gasteiger partial charge on any atom is 0.127 e. The number of nitrogens with zero attached hydrogens (tertiary/aromatic N) is 2. The van der Waals surface area contributed by atoms with Gasteiger partial charge < -0.3 is 10.6 Å². The van der Waals surface area contributed by atoms with E-state index in [1.165, 1.54) is 5.56 Å². The van der Waals surface area contributed by atoms with Crippen LogP contribution in [0.4, 0.5) is 11.5 Å². The van der Waals surface area contributed by atoms with Crippen molar-refractivity contribution >= 4 is 11.5 Å². The molecule has 0 aromatic carbocycles. The minimum Gasteiger partial charge on any atom is -0.385 e. The molecule has 0 saturated carbocycles. The van der Waals surface area contributed by atoms with Crippen LogP contribution in [0, 0.1) is 0 Å². The lowest BCUT2D eigenvalue weighted by Gasteiger charge is -2.08. The van der Waals surface area contributed by atoms with Crippen LogP contribution in [0.3, 0.4) is 0 Å². The van der Waals surface area contributed by atoms with Gasteiger partial charge in [0.2, 0.25) is 0 Å². The van der Waals surface area contributed by atoms with E-state index in [-0.39, 0.29) is 0 Å². The summed E-state index contributed by atoms with van der Waals surface area (Å²) in [5.41, 5.74) is 2.34. The van der Waals surface area contributed by atoms with Crippen LogP contribution in [0.2, 0.25) is 0 Å². The minimum atomic E-state index is 0.892. The zero-order chi connectivity index (χ0) is 13.3. The number of nitrogens with one attached hydrogen (secondary N) is 2. The highest BCUT2D eigenvalue weighted by Gasteiger charge is 1.97. The number of aromatic nitrogens is 2. The normalized spacial score (nSPS) is 10.2. The van der Waals surface area contributed by atoms with Gasteiger partial charge in [-0.05, 0) is 30.5 Å². The molecule has 0 unspecified atom stereocenters. The number of rotatable bonds is 7. The molecule has 2 aromatic heterocycles. The summed E-state index contributed by atoms with van der Waals surface area (Å²) in [6.07, 6.45) is 7.59. The second kappa shape index (κ2) is 7.36. The molecule has 100 valence electrons. The fourth-order valence-electron chi connectivity index (χ4n) is 1.79. The molecule has 0 fully saturated rings. The van der Waals surface area contributed by atoms with Crippen molar-refractivity contribution in [1.29, 1.82) is 0 Å². The summed E-state index contributed by atoms with van der Waals surface area (Å²) in [7, 11) is 0. The average molecular weight is 256 g/mol. The van der Waals surface area contributed by atoms with Gasteiger partial charge in [-0.3, -0.25) is 4.98 Å². The summed E-state index contributed by atoms with van der Waals surface area (Å²) >= 11 is 0. The largest absolute Gasteiger partial charge is 0.385 e. The number of pyridine rings is 2. The molecule has 2 N–H and O–H groups in total. The maximum atomic E-state index is 4.28. The lowest BCUT2D eigenvalue weighted by atomic mass is 10.2. The van der Waals surface area contributed by atoms with Crippen LogP contribution in [0.5, 0.6) is 0 Å². The van der Waals surface area contributed by atoms with Crippen molar-refractivity contribution in [1.82, 2.24) is 9.97 Å². The molecule has 0 spiro atoms. The first-order valence-corrected chi connectivity index (χ1v) is 6.71. The summed E-state index contributed by atoms with van der Waals surface area (Å²) in [5.74, 6) is 0.924. The zero-order valence-corrected chi connectivity index (χ0v) is 11.3. The topological polar surface area (TPSA) is 49.8 Å². The first kappa shape index (κ1) is 13.3. The van der Waals surface area contributed by atoms with E-state index in [2.05, 4.69) is 33.6 Å². The van der Waals surface area contributed by atoms with Crippen LogP contribution in [0.15, 0.2) is 42.9 Å². The zero-order valence-electron chi connectivity index (χ0n) is 11.3. The molecule has 0 atom stereocenters. The molecule has 2 aromatic rings. The third kappa shape index (κ3) is 4.58. The summed E-state index contributed by atoms with van der Waals surface area (Å²) in [6.45, 7) is 3.98. The third-order valence-electron chi connectivity index (χ3n) is 2.78. The Bertz CT molecular complexity index is 485. The molecular formula is C15H20N4. The van der Waals surface area contributed by atoms with E-state index in [0.29, 0.717) is 0 Å². The molecular weight excluding hydrogens is 236 g/mol. The number of hydrogen-bond donors (Lipinski definition) is 2. The van der Waals surface area contributed by atoms with Gasteiger partial charge in [0, 0.05) is 43.4 Å². The van der Waals surface area contributed by atoms with Gasteiger partial charge in [-0.15, -0.1) is 0 Å². The van der Waals surface area contributed by atoms with Crippen LogP contribution in [0.1, 0.15) is 18.9 Å². The lowest BCUT2D eigenvalue weighted by molar-refractivity contribution is 0.967. The molecule has 0 saturated heterocycles. The number of anilines is 2. The fourth-order valence-corrected chi connectivity index (χ4v) is 1.79. The van der Waals surface area contributed by atoms with E-state index in [4.69, 9.17) is 0 Å². The van der Waals surface area contributed by atoms with Crippen molar-refractivity contribution in [2.45, 2.75) is 19.8 Å². The molecule has 0 radical (unpaired) electrons. The Labute approximate surface area is 114 Å². The van der Waals surface area contributed by atoms with Crippen molar-refractivity contribution in [3.05, 3.63) is 48.4 Å².